The van der Waals surface area contributed by atoms with Gasteiger partial charge < -0.3 is 16.0 Å². The molecule has 0 aromatic carbocycles. The monoisotopic (exact) mass is 398 g/mol. The number of carbonyl (C=O) groups is 1. The first-order valence-electron chi connectivity index (χ1n) is 9.02. The van der Waals surface area contributed by atoms with Gasteiger partial charge in [0.15, 0.2) is 0 Å². The van der Waals surface area contributed by atoms with Gasteiger partial charge in [0.1, 0.15) is 28.2 Å². The number of amides is 1. The predicted octanol–water partition coefficient (Wildman–Crippen LogP) is 2.57. The van der Waals surface area contributed by atoms with Crippen molar-refractivity contribution >= 4 is 34.9 Å². The maximum atomic E-state index is 12.3. The Hall–Kier alpha value is -3.14. The Kier molecular flexibility index (Phi) is 6.79. The first-order chi connectivity index (χ1) is 13.7. The fraction of sp³-hybridized carbons (Fsp3) is 0.333. The molecule has 28 heavy (non-hydrogen) atoms. The van der Waals surface area contributed by atoms with E-state index in [2.05, 4.69) is 40.5 Å². The van der Waals surface area contributed by atoms with Crippen LogP contribution in [0.3, 0.4) is 0 Å². The van der Waals surface area contributed by atoms with Gasteiger partial charge in [0.25, 0.3) is 5.91 Å². The van der Waals surface area contributed by atoms with Crippen LogP contribution < -0.4 is 16.0 Å². The summed E-state index contributed by atoms with van der Waals surface area (Å²) in [4.78, 5) is 25.8. The summed E-state index contributed by atoms with van der Waals surface area (Å²) in [5.74, 6) is 2.52. The van der Waals surface area contributed by atoms with Crippen molar-refractivity contribution in [3.63, 3.8) is 0 Å². The highest BCUT2D eigenvalue weighted by Crippen LogP contribution is 2.15. The number of carbonyl (C=O) groups excluding carboxylic acids is 1. The van der Waals surface area contributed by atoms with Crippen LogP contribution in [0.2, 0.25) is 0 Å². The average Bonchev–Trinajstić information content (AvgIpc) is 3.14. The summed E-state index contributed by atoms with van der Waals surface area (Å²) in [5, 5.41) is 13.2. The summed E-state index contributed by atoms with van der Waals surface area (Å²) >= 11 is 1.13. The number of hydrogen-bond acceptors (Lipinski definition) is 9. The summed E-state index contributed by atoms with van der Waals surface area (Å²) in [6.45, 7) is 4.85. The Labute approximate surface area is 167 Å². The van der Waals surface area contributed by atoms with Crippen molar-refractivity contribution in [1.82, 2.24) is 29.9 Å². The minimum Gasteiger partial charge on any atom is -0.368 e. The van der Waals surface area contributed by atoms with Crippen molar-refractivity contribution in [3.05, 3.63) is 46.9 Å². The van der Waals surface area contributed by atoms with Crippen molar-refractivity contribution in [2.24, 2.45) is 0 Å². The summed E-state index contributed by atoms with van der Waals surface area (Å²) in [6.07, 6.45) is 3.39. The van der Waals surface area contributed by atoms with E-state index >= 15 is 0 Å². The van der Waals surface area contributed by atoms with E-state index in [1.54, 1.807) is 12.3 Å². The molecule has 9 nitrogen and oxygen atoms in total. The van der Waals surface area contributed by atoms with E-state index in [4.69, 9.17) is 0 Å². The van der Waals surface area contributed by atoms with Crippen molar-refractivity contribution < 1.29 is 4.79 Å². The smallest absolute Gasteiger partial charge is 0.265 e. The lowest BCUT2D eigenvalue weighted by Gasteiger charge is -2.10. The zero-order valence-electron chi connectivity index (χ0n) is 15.8. The number of hydrogen-bond donors (Lipinski definition) is 3. The van der Waals surface area contributed by atoms with Gasteiger partial charge in [0.2, 0.25) is 0 Å². The molecule has 3 aromatic heterocycles. The van der Waals surface area contributed by atoms with E-state index in [-0.39, 0.29) is 5.91 Å². The van der Waals surface area contributed by atoms with Crippen LogP contribution >= 0.6 is 11.5 Å². The Balaban J connectivity index is 1.52. The van der Waals surface area contributed by atoms with Gasteiger partial charge in [-0.25, -0.2) is 15.0 Å². The molecule has 0 aliphatic carbocycles. The van der Waals surface area contributed by atoms with Crippen LogP contribution in [0.1, 0.15) is 34.5 Å². The highest BCUT2D eigenvalue weighted by atomic mass is 32.1. The molecule has 0 bridgehead atoms. The van der Waals surface area contributed by atoms with Crippen LogP contribution in [-0.2, 0) is 6.42 Å². The van der Waals surface area contributed by atoms with Gasteiger partial charge >= 0.3 is 0 Å². The van der Waals surface area contributed by atoms with Gasteiger partial charge in [-0.15, -0.1) is 5.10 Å². The van der Waals surface area contributed by atoms with E-state index in [0.717, 1.165) is 30.1 Å². The number of aryl methyl sites for hydroxylation is 2. The zero-order chi connectivity index (χ0) is 19.8. The topological polar surface area (TPSA) is 118 Å². The predicted molar refractivity (Wildman–Crippen MR) is 109 cm³/mol. The second kappa shape index (κ2) is 9.70. The van der Waals surface area contributed by atoms with Gasteiger partial charge in [-0.1, -0.05) is 23.9 Å². The highest BCUT2D eigenvalue weighted by molar-refractivity contribution is 7.08. The van der Waals surface area contributed by atoms with Gasteiger partial charge in [0, 0.05) is 25.4 Å². The van der Waals surface area contributed by atoms with E-state index in [1.807, 2.05) is 32.0 Å². The molecule has 0 aliphatic heterocycles. The summed E-state index contributed by atoms with van der Waals surface area (Å²) in [7, 11) is 0. The lowest BCUT2D eigenvalue weighted by Crippen LogP contribution is -2.29. The van der Waals surface area contributed by atoms with Gasteiger partial charge in [-0.2, -0.15) is 0 Å². The van der Waals surface area contributed by atoms with Crippen LogP contribution in [0, 0.1) is 6.92 Å². The molecule has 3 heterocycles. The minimum absolute atomic E-state index is 0.142. The molecule has 1 amide bonds. The largest absolute Gasteiger partial charge is 0.368 e. The lowest BCUT2D eigenvalue weighted by molar-refractivity contribution is 0.0958. The molecule has 0 spiro atoms. The summed E-state index contributed by atoms with van der Waals surface area (Å²) in [5.41, 5.74) is 0.759. The maximum Gasteiger partial charge on any atom is 0.265 e. The molecule has 3 aromatic rings. The van der Waals surface area contributed by atoms with Crippen LogP contribution in [-0.4, -0.2) is 43.5 Å². The van der Waals surface area contributed by atoms with E-state index in [9.17, 15) is 4.79 Å². The Bertz CT molecular complexity index is 915. The highest BCUT2D eigenvalue weighted by Gasteiger charge is 2.14. The summed E-state index contributed by atoms with van der Waals surface area (Å²) < 4.78 is 3.88. The molecular weight excluding hydrogens is 376 g/mol. The number of anilines is 3. The van der Waals surface area contributed by atoms with E-state index < -0.39 is 0 Å². The molecule has 0 radical (unpaired) electrons. The third-order valence-corrected chi connectivity index (χ3v) is 4.49. The number of nitrogens with zero attached hydrogens (tertiary/aromatic N) is 5. The number of pyridine rings is 1. The molecule has 0 saturated carbocycles. The van der Waals surface area contributed by atoms with Gasteiger partial charge in [0.05, 0.1) is 5.69 Å². The number of rotatable bonds is 9. The maximum absolute atomic E-state index is 12.3. The molecule has 0 saturated heterocycles. The minimum atomic E-state index is -0.142. The van der Waals surface area contributed by atoms with Crippen molar-refractivity contribution in [1.29, 1.82) is 0 Å². The van der Waals surface area contributed by atoms with Crippen LogP contribution in [0.25, 0.3) is 0 Å². The molecular formula is C18H22N8OS. The number of nitrogens with one attached hydrogen (secondary N) is 3. The van der Waals surface area contributed by atoms with Crippen molar-refractivity contribution in [3.8, 4) is 0 Å². The molecule has 146 valence electrons. The molecule has 3 rings (SSSR count). The molecule has 0 atom stereocenters. The third-order valence-electron chi connectivity index (χ3n) is 3.72. The lowest BCUT2D eigenvalue weighted by atomic mass is 10.2. The third kappa shape index (κ3) is 5.43. The first kappa shape index (κ1) is 19.6. The first-order valence-corrected chi connectivity index (χ1v) is 9.80. The zero-order valence-corrected chi connectivity index (χ0v) is 16.6. The van der Waals surface area contributed by atoms with Crippen molar-refractivity contribution in [2.45, 2.75) is 26.7 Å². The van der Waals surface area contributed by atoms with Crippen LogP contribution in [0.5, 0.6) is 0 Å². The SMILES string of the molecule is CCCc1nnsc1C(=O)NCCNc1cc(Nc2ccccn2)nc(C)n1. The van der Waals surface area contributed by atoms with Crippen molar-refractivity contribution in [2.75, 3.05) is 23.7 Å². The fourth-order valence-corrected chi connectivity index (χ4v) is 3.14. The molecule has 3 N–H and O–H groups in total. The Morgan fingerprint density at radius 3 is 2.79 bits per heavy atom. The summed E-state index contributed by atoms with van der Waals surface area (Å²) in [6, 6.07) is 7.41. The second-order valence-corrected chi connectivity index (χ2v) is 6.76. The second-order valence-electron chi connectivity index (χ2n) is 6.01. The quantitative estimate of drug-likeness (QED) is 0.471. The normalized spacial score (nSPS) is 10.5. The molecule has 0 aliphatic rings. The van der Waals surface area contributed by atoms with E-state index in [1.165, 1.54) is 0 Å². The Morgan fingerprint density at radius 1 is 1.14 bits per heavy atom. The van der Waals surface area contributed by atoms with Crippen LogP contribution in [0.15, 0.2) is 30.5 Å². The van der Waals surface area contributed by atoms with Gasteiger partial charge in [-0.3, -0.25) is 4.79 Å². The van der Waals surface area contributed by atoms with Gasteiger partial charge in [-0.05, 0) is 37.0 Å². The molecule has 0 unspecified atom stereocenters. The molecule has 0 fully saturated rings. The Morgan fingerprint density at radius 2 is 2.00 bits per heavy atom. The standard InChI is InChI=1S/C18H22N8OS/c1-3-6-13-17(28-26-25-13)18(27)21-10-9-20-15-11-16(23-12(2)22-15)24-14-7-4-5-8-19-14/h4-5,7-8,11H,3,6,9-10H2,1-2H3,(H,21,27)(H2,19,20,22,23,24). The van der Waals surface area contributed by atoms with Crippen LogP contribution in [0.4, 0.5) is 17.5 Å². The number of aromatic nitrogens is 5. The van der Waals surface area contributed by atoms with E-state index in [0.29, 0.717) is 41.2 Å². The molecule has 10 heteroatoms. The average molecular weight is 398 g/mol. The fourth-order valence-electron chi connectivity index (χ4n) is 2.52.